The zero-order valence-electron chi connectivity index (χ0n) is 21.1. The molecule has 0 aliphatic carbocycles. The van der Waals surface area contributed by atoms with Gasteiger partial charge in [0.2, 0.25) is 16.9 Å². The van der Waals surface area contributed by atoms with E-state index in [0.29, 0.717) is 25.9 Å². The van der Waals surface area contributed by atoms with Crippen molar-refractivity contribution in [3.63, 3.8) is 0 Å². The number of hydrogen-bond acceptors (Lipinski definition) is 12. The van der Waals surface area contributed by atoms with Crippen molar-refractivity contribution in [2.45, 2.75) is 85.2 Å². The molecular weight excluding hydrogens is 480 g/mol. The molecule has 0 bridgehead atoms. The SMILES string of the molecule is CCOC(=O)CCCCCOc1c(CO)oc(C(OC(=O)CC)(OC(=O)CC)OC(=O)CC)cc1=O. The molecule has 0 unspecified atom stereocenters. The maximum absolute atomic E-state index is 12.8. The topological polar surface area (TPSA) is 165 Å². The number of hydrogen-bond donors (Lipinski definition) is 1. The van der Waals surface area contributed by atoms with Crippen molar-refractivity contribution in [3.8, 4) is 5.75 Å². The third-order valence-corrected chi connectivity index (χ3v) is 4.61. The number of carbonyl (C=O) groups is 4. The van der Waals surface area contributed by atoms with Gasteiger partial charge in [0.05, 0.1) is 13.2 Å². The molecular formula is C24H34O12. The highest BCUT2D eigenvalue weighted by molar-refractivity contribution is 5.73. The Hall–Kier alpha value is -3.41. The lowest BCUT2D eigenvalue weighted by molar-refractivity contribution is -0.348. The van der Waals surface area contributed by atoms with Gasteiger partial charge in [-0.25, -0.2) is 0 Å². The van der Waals surface area contributed by atoms with E-state index < -0.39 is 41.7 Å². The van der Waals surface area contributed by atoms with E-state index in [1.165, 1.54) is 20.8 Å². The highest BCUT2D eigenvalue weighted by Gasteiger charge is 2.49. The molecule has 36 heavy (non-hydrogen) atoms. The van der Waals surface area contributed by atoms with Crippen molar-refractivity contribution >= 4 is 23.9 Å². The summed E-state index contributed by atoms with van der Waals surface area (Å²) in [6.07, 6.45) is 1.41. The zero-order valence-corrected chi connectivity index (χ0v) is 21.1. The molecule has 0 radical (unpaired) electrons. The quantitative estimate of drug-likeness (QED) is 0.195. The van der Waals surface area contributed by atoms with Crippen molar-refractivity contribution in [2.24, 2.45) is 0 Å². The van der Waals surface area contributed by atoms with E-state index in [1.54, 1.807) is 6.92 Å². The van der Waals surface area contributed by atoms with Crippen molar-refractivity contribution in [2.75, 3.05) is 13.2 Å². The lowest BCUT2D eigenvalue weighted by Crippen LogP contribution is -2.42. The van der Waals surface area contributed by atoms with Gasteiger partial charge in [-0.05, 0) is 26.2 Å². The van der Waals surface area contributed by atoms with Gasteiger partial charge < -0.3 is 33.2 Å². The average Bonchev–Trinajstić information content (AvgIpc) is 2.86. The lowest BCUT2D eigenvalue weighted by Gasteiger charge is -2.30. The van der Waals surface area contributed by atoms with Crippen LogP contribution in [0, 0.1) is 0 Å². The van der Waals surface area contributed by atoms with Crippen LogP contribution in [0.1, 0.15) is 84.2 Å². The van der Waals surface area contributed by atoms with E-state index in [0.717, 1.165) is 6.07 Å². The van der Waals surface area contributed by atoms with Crippen LogP contribution >= 0.6 is 0 Å². The van der Waals surface area contributed by atoms with Crippen molar-refractivity contribution in [1.29, 1.82) is 0 Å². The molecule has 0 fully saturated rings. The fourth-order valence-electron chi connectivity index (χ4n) is 2.77. The fourth-order valence-corrected chi connectivity index (χ4v) is 2.77. The summed E-state index contributed by atoms with van der Waals surface area (Å²) in [5, 5.41) is 9.78. The summed E-state index contributed by atoms with van der Waals surface area (Å²) in [7, 11) is 0. The molecule has 1 N–H and O–H groups in total. The standard InChI is InChI=1S/C24H34O12/c1-5-19(27)34-24(35-20(28)6-2,36-21(29)7-3)18-14-16(26)23(17(15-25)33-18)32-13-11-9-10-12-22(30)31-8-4/h14,25H,5-13,15H2,1-4H3. The molecule has 12 nitrogen and oxygen atoms in total. The third-order valence-electron chi connectivity index (χ3n) is 4.61. The summed E-state index contributed by atoms with van der Waals surface area (Å²) < 4.78 is 31.3. The lowest BCUT2D eigenvalue weighted by atomic mass is 10.2. The molecule has 1 rings (SSSR count). The van der Waals surface area contributed by atoms with Crippen molar-refractivity contribution < 1.29 is 52.4 Å². The Morgan fingerprint density at radius 1 is 0.861 bits per heavy atom. The van der Waals surface area contributed by atoms with Gasteiger partial charge in [0.15, 0.2) is 5.76 Å². The number of aliphatic hydroxyl groups is 1. The first-order chi connectivity index (χ1) is 17.2. The molecule has 1 aromatic heterocycles. The molecule has 202 valence electrons. The number of unbranched alkanes of at least 4 members (excludes halogenated alkanes) is 2. The van der Waals surface area contributed by atoms with Crippen LogP contribution < -0.4 is 10.2 Å². The van der Waals surface area contributed by atoms with Crippen molar-refractivity contribution in [1.82, 2.24) is 0 Å². The van der Waals surface area contributed by atoms with Crippen LogP contribution in [-0.2, 0) is 50.7 Å². The summed E-state index contributed by atoms with van der Waals surface area (Å²) in [5.41, 5.74) is -0.802. The van der Waals surface area contributed by atoms with Crippen molar-refractivity contribution in [3.05, 3.63) is 27.8 Å². The summed E-state index contributed by atoms with van der Waals surface area (Å²) in [6.45, 7) is 5.67. The first-order valence-corrected chi connectivity index (χ1v) is 11.9. The van der Waals surface area contributed by atoms with Gasteiger partial charge in [0.25, 0.3) is 0 Å². The Morgan fingerprint density at radius 2 is 1.42 bits per heavy atom. The molecule has 0 saturated carbocycles. The Morgan fingerprint density at radius 3 is 1.89 bits per heavy atom. The fraction of sp³-hybridized carbons (Fsp3) is 0.625. The second kappa shape index (κ2) is 15.6. The molecule has 0 spiro atoms. The predicted molar refractivity (Wildman–Crippen MR) is 122 cm³/mol. The largest absolute Gasteiger partial charge is 0.488 e. The minimum Gasteiger partial charge on any atom is -0.486 e. The molecule has 0 aromatic carbocycles. The Bertz CT molecular complexity index is 903. The van der Waals surface area contributed by atoms with Crippen LogP contribution in [-0.4, -0.2) is 42.2 Å². The number of esters is 4. The highest BCUT2D eigenvalue weighted by atomic mass is 16.9. The summed E-state index contributed by atoms with van der Waals surface area (Å²) in [4.78, 5) is 60.6. The van der Waals surface area contributed by atoms with Gasteiger partial charge in [0.1, 0.15) is 6.61 Å². The number of rotatable bonds is 16. The summed E-state index contributed by atoms with van der Waals surface area (Å²) in [6, 6.07) is 0.796. The van der Waals surface area contributed by atoms with E-state index in [-0.39, 0.29) is 49.8 Å². The van der Waals surface area contributed by atoms with Gasteiger partial charge >= 0.3 is 29.9 Å². The monoisotopic (exact) mass is 514 g/mol. The normalized spacial score (nSPS) is 10.9. The van der Waals surface area contributed by atoms with Gasteiger partial charge in [0, 0.05) is 31.7 Å². The number of aliphatic hydroxyl groups excluding tert-OH is 1. The van der Waals surface area contributed by atoms with Gasteiger partial charge in [-0.2, -0.15) is 0 Å². The second-order valence-electron chi connectivity index (χ2n) is 7.39. The second-order valence-corrected chi connectivity index (χ2v) is 7.39. The Kier molecular flexibility index (Phi) is 13.2. The minimum atomic E-state index is -2.80. The molecule has 0 amide bonds. The van der Waals surface area contributed by atoms with Crippen LogP contribution in [0.5, 0.6) is 5.75 Å². The number of carbonyl (C=O) groups excluding carboxylic acids is 4. The maximum atomic E-state index is 12.8. The van der Waals surface area contributed by atoms with Crippen LogP contribution in [0.25, 0.3) is 0 Å². The van der Waals surface area contributed by atoms with E-state index >= 15 is 0 Å². The first-order valence-electron chi connectivity index (χ1n) is 11.9. The van der Waals surface area contributed by atoms with Crippen LogP contribution in [0.4, 0.5) is 0 Å². The first kappa shape index (κ1) is 30.6. The third kappa shape index (κ3) is 9.33. The van der Waals surface area contributed by atoms with Gasteiger partial charge in [-0.1, -0.05) is 20.8 Å². The van der Waals surface area contributed by atoms with E-state index in [2.05, 4.69) is 0 Å². The Labute approximate surface area is 208 Å². The van der Waals surface area contributed by atoms with E-state index in [9.17, 15) is 29.1 Å². The Balaban J connectivity index is 3.21. The predicted octanol–water partition coefficient (Wildman–Crippen LogP) is 2.60. The van der Waals surface area contributed by atoms with Crippen LogP contribution in [0.2, 0.25) is 0 Å². The molecule has 12 heteroatoms. The smallest absolute Gasteiger partial charge is 0.486 e. The zero-order chi connectivity index (χ0) is 27.1. The molecule has 1 aromatic rings. The molecule has 1 heterocycles. The van der Waals surface area contributed by atoms with Gasteiger partial charge in [-0.15, -0.1) is 0 Å². The average molecular weight is 515 g/mol. The summed E-state index contributed by atoms with van der Waals surface area (Å²) >= 11 is 0. The minimum absolute atomic E-state index is 0.0749. The maximum Gasteiger partial charge on any atom is 0.488 e. The van der Waals surface area contributed by atoms with E-state index in [1.807, 2.05) is 0 Å². The number of ether oxygens (including phenoxy) is 5. The van der Waals surface area contributed by atoms with Crippen LogP contribution in [0.15, 0.2) is 15.3 Å². The van der Waals surface area contributed by atoms with Gasteiger partial charge in [-0.3, -0.25) is 24.0 Å². The molecule has 0 saturated heterocycles. The van der Waals surface area contributed by atoms with E-state index in [4.69, 9.17) is 28.1 Å². The summed E-state index contributed by atoms with van der Waals surface area (Å²) in [5.74, 6) is -7.16. The van der Waals surface area contributed by atoms with Crippen LogP contribution in [0.3, 0.4) is 0 Å². The highest BCUT2D eigenvalue weighted by Crippen LogP contribution is 2.33. The molecule has 0 aliphatic rings. The molecule has 0 aliphatic heterocycles. The molecule has 0 atom stereocenters.